The van der Waals surface area contributed by atoms with E-state index >= 15 is 0 Å². The molecule has 0 saturated carbocycles. The molecule has 1 rings (SSSR count). The van der Waals surface area contributed by atoms with Crippen molar-refractivity contribution in [3.8, 4) is 0 Å². The van der Waals surface area contributed by atoms with E-state index in [1.807, 2.05) is 6.92 Å². The van der Waals surface area contributed by atoms with Crippen LogP contribution in [0.2, 0.25) is 0 Å². The Hall–Kier alpha value is -1.84. The van der Waals surface area contributed by atoms with Crippen LogP contribution in [0.15, 0.2) is 24.3 Å². The van der Waals surface area contributed by atoms with E-state index in [2.05, 4.69) is 10.6 Å². The molecule has 0 unspecified atom stereocenters. The van der Waals surface area contributed by atoms with Gasteiger partial charge in [-0.1, -0.05) is 6.92 Å². The SMILES string of the molecule is CCCC(=O)Nc1ccc(NC=O)cc1. The van der Waals surface area contributed by atoms with E-state index < -0.39 is 0 Å². The maximum Gasteiger partial charge on any atom is 0.224 e. The Balaban J connectivity index is 2.56. The van der Waals surface area contributed by atoms with Gasteiger partial charge in [-0.25, -0.2) is 0 Å². The largest absolute Gasteiger partial charge is 0.329 e. The molecule has 2 N–H and O–H groups in total. The number of rotatable bonds is 5. The molecule has 1 aromatic carbocycles. The smallest absolute Gasteiger partial charge is 0.224 e. The Morgan fingerprint density at radius 2 is 1.87 bits per heavy atom. The van der Waals surface area contributed by atoms with Gasteiger partial charge in [0.05, 0.1) is 0 Å². The van der Waals surface area contributed by atoms with E-state index in [0.717, 1.165) is 12.1 Å². The first kappa shape index (κ1) is 11.2. The van der Waals surface area contributed by atoms with Crippen LogP contribution in [-0.2, 0) is 9.59 Å². The van der Waals surface area contributed by atoms with Crippen molar-refractivity contribution in [1.29, 1.82) is 0 Å². The average Bonchev–Trinajstić information content (AvgIpc) is 2.22. The lowest BCUT2D eigenvalue weighted by Gasteiger charge is -2.04. The molecule has 4 heteroatoms. The molecule has 0 aliphatic carbocycles. The van der Waals surface area contributed by atoms with Crippen molar-refractivity contribution in [2.24, 2.45) is 0 Å². The normalized spacial score (nSPS) is 9.40. The number of nitrogens with one attached hydrogen (secondary N) is 2. The summed E-state index contributed by atoms with van der Waals surface area (Å²) in [6.45, 7) is 1.96. The van der Waals surface area contributed by atoms with Crippen molar-refractivity contribution in [1.82, 2.24) is 0 Å². The van der Waals surface area contributed by atoms with Gasteiger partial charge in [-0.3, -0.25) is 9.59 Å². The van der Waals surface area contributed by atoms with Crippen LogP contribution in [-0.4, -0.2) is 12.3 Å². The fraction of sp³-hybridized carbons (Fsp3) is 0.273. The first-order valence-electron chi connectivity index (χ1n) is 4.86. The van der Waals surface area contributed by atoms with Gasteiger partial charge in [0.2, 0.25) is 12.3 Å². The van der Waals surface area contributed by atoms with Crippen molar-refractivity contribution < 1.29 is 9.59 Å². The molecular formula is C11H14N2O2. The number of hydrogen-bond acceptors (Lipinski definition) is 2. The standard InChI is InChI=1S/C11H14N2O2/c1-2-3-11(15)13-10-6-4-9(5-7-10)12-8-14/h4-8H,2-3H2,1H3,(H,12,14)(H,13,15). The molecule has 0 aliphatic rings. The summed E-state index contributed by atoms with van der Waals surface area (Å²) >= 11 is 0. The Bertz CT molecular complexity index is 333. The van der Waals surface area contributed by atoms with Gasteiger partial charge in [0.1, 0.15) is 0 Å². The van der Waals surface area contributed by atoms with Crippen molar-refractivity contribution in [2.45, 2.75) is 19.8 Å². The molecule has 0 bridgehead atoms. The van der Waals surface area contributed by atoms with Gasteiger partial charge in [0.15, 0.2) is 0 Å². The zero-order valence-electron chi connectivity index (χ0n) is 8.62. The quantitative estimate of drug-likeness (QED) is 0.724. The van der Waals surface area contributed by atoms with Gasteiger partial charge >= 0.3 is 0 Å². The molecule has 15 heavy (non-hydrogen) atoms. The summed E-state index contributed by atoms with van der Waals surface area (Å²) in [7, 11) is 0. The van der Waals surface area contributed by atoms with E-state index in [0.29, 0.717) is 18.5 Å². The van der Waals surface area contributed by atoms with Gasteiger partial charge in [-0.05, 0) is 30.7 Å². The Morgan fingerprint density at radius 3 is 2.40 bits per heavy atom. The monoisotopic (exact) mass is 206 g/mol. The predicted octanol–water partition coefficient (Wildman–Crippen LogP) is 1.99. The summed E-state index contributed by atoms with van der Waals surface area (Å²) in [5, 5.41) is 5.28. The van der Waals surface area contributed by atoms with Crippen molar-refractivity contribution >= 4 is 23.7 Å². The second-order valence-electron chi connectivity index (χ2n) is 3.14. The van der Waals surface area contributed by atoms with E-state index in [4.69, 9.17) is 0 Å². The van der Waals surface area contributed by atoms with E-state index in [1.54, 1.807) is 24.3 Å². The van der Waals surface area contributed by atoms with Crippen molar-refractivity contribution in [3.63, 3.8) is 0 Å². The summed E-state index contributed by atoms with van der Waals surface area (Å²) < 4.78 is 0. The summed E-state index contributed by atoms with van der Waals surface area (Å²) in [5.41, 5.74) is 1.45. The van der Waals surface area contributed by atoms with Crippen LogP contribution in [0.25, 0.3) is 0 Å². The minimum absolute atomic E-state index is 0.00796. The predicted molar refractivity (Wildman–Crippen MR) is 59.7 cm³/mol. The number of carbonyl (C=O) groups excluding carboxylic acids is 2. The highest BCUT2D eigenvalue weighted by Gasteiger charge is 1.99. The third-order valence-electron chi connectivity index (χ3n) is 1.87. The van der Waals surface area contributed by atoms with Crippen LogP contribution in [0.5, 0.6) is 0 Å². The number of carbonyl (C=O) groups is 2. The fourth-order valence-electron chi connectivity index (χ4n) is 1.17. The molecule has 0 fully saturated rings. The molecule has 0 saturated heterocycles. The lowest BCUT2D eigenvalue weighted by atomic mass is 10.2. The molecule has 0 heterocycles. The first-order valence-corrected chi connectivity index (χ1v) is 4.86. The summed E-state index contributed by atoms with van der Waals surface area (Å²) in [6, 6.07) is 6.96. The average molecular weight is 206 g/mol. The summed E-state index contributed by atoms with van der Waals surface area (Å²) in [4.78, 5) is 21.4. The highest BCUT2D eigenvalue weighted by molar-refractivity contribution is 5.90. The number of benzene rings is 1. The van der Waals surface area contributed by atoms with Crippen molar-refractivity contribution in [3.05, 3.63) is 24.3 Å². The van der Waals surface area contributed by atoms with Crippen LogP contribution in [0.4, 0.5) is 11.4 Å². The van der Waals surface area contributed by atoms with Gasteiger partial charge in [0.25, 0.3) is 0 Å². The molecule has 0 radical (unpaired) electrons. The van der Waals surface area contributed by atoms with Crippen LogP contribution in [0.1, 0.15) is 19.8 Å². The lowest BCUT2D eigenvalue weighted by Crippen LogP contribution is -2.10. The fourth-order valence-corrected chi connectivity index (χ4v) is 1.17. The maximum atomic E-state index is 11.2. The van der Waals surface area contributed by atoms with Crippen LogP contribution in [0.3, 0.4) is 0 Å². The molecule has 2 amide bonds. The number of amides is 2. The van der Waals surface area contributed by atoms with Gasteiger partial charge in [-0.15, -0.1) is 0 Å². The highest BCUT2D eigenvalue weighted by atomic mass is 16.1. The van der Waals surface area contributed by atoms with Crippen LogP contribution >= 0.6 is 0 Å². The second-order valence-corrected chi connectivity index (χ2v) is 3.14. The van der Waals surface area contributed by atoms with E-state index in [9.17, 15) is 9.59 Å². The molecule has 0 spiro atoms. The Kier molecular flexibility index (Phi) is 4.34. The second kappa shape index (κ2) is 5.80. The molecule has 0 atom stereocenters. The summed E-state index contributed by atoms with van der Waals surface area (Å²) in [6.07, 6.45) is 1.97. The lowest BCUT2D eigenvalue weighted by molar-refractivity contribution is -0.116. The molecule has 0 aromatic heterocycles. The molecule has 4 nitrogen and oxygen atoms in total. The first-order chi connectivity index (χ1) is 7.26. The van der Waals surface area contributed by atoms with Gasteiger partial charge in [-0.2, -0.15) is 0 Å². The minimum atomic E-state index is 0.00796. The third-order valence-corrected chi connectivity index (χ3v) is 1.87. The maximum absolute atomic E-state index is 11.2. The van der Waals surface area contributed by atoms with E-state index in [1.165, 1.54) is 0 Å². The van der Waals surface area contributed by atoms with Crippen LogP contribution in [0, 0.1) is 0 Å². The molecular weight excluding hydrogens is 192 g/mol. The molecule has 0 aliphatic heterocycles. The third kappa shape index (κ3) is 3.81. The minimum Gasteiger partial charge on any atom is -0.329 e. The number of hydrogen-bond donors (Lipinski definition) is 2. The number of anilines is 2. The van der Waals surface area contributed by atoms with Crippen LogP contribution < -0.4 is 10.6 Å². The zero-order chi connectivity index (χ0) is 11.1. The Morgan fingerprint density at radius 1 is 1.27 bits per heavy atom. The van der Waals surface area contributed by atoms with Gasteiger partial charge in [0, 0.05) is 17.8 Å². The topological polar surface area (TPSA) is 58.2 Å². The Labute approximate surface area is 88.7 Å². The highest BCUT2D eigenvalue weighted by Crippen LogP contribution is 2.13. The molecule has 80 valence electrons. The van der Waals surface area contributed by atoms with Gasteiger partial charge < -0.3 is 10.6 Å². The van der Waals surface area contributed by atoms with Crippen molar-refractivity contribution in [2.75, 3.05) is 10.6 Å². The van der Waals surface area contributed by atoms with E-state index in [-0.39, 0.29) is 5.91 Å². The zero-order valence-corrected chi connectivity index (χ0v) is 8.62. The molecule has 1 aromatic rings. The summed E-state index contributed by atoms with van der Waals surface area (Å²) in [5.74, 6) is 0.00796.